The Bertz CT molecular complexity index is 2270. The highest BCUT2D eigenvalue weighted by atomic mass is 15.2. The maximum Gasteiger partial charge on any atom is 0.159 e. The van der Waals surface area contributed by atoms with Gasteiger partial charge in [-0.3, -0.25) is 4.98 Å². The summed E-state index contributed by atoms with van der Waals surface area (Å²) >= 11 is 0. The van der Waals surface area contributed by atoms with Gasteiger partial charge in [0.1, 0.15) is 12.0 Å². The summed E-state index contributed by atoms with van der Waals surface area (Å²) in [6.07, 6.45) is 1.57. The maximum absolute atomic E-state index is 5.08. The largest absolute Gasteiger partial charge is 0.344 e. The number of nitrogens with zero attached hydrogens (tertiary/aromatic N) is 3. The molecule has 0 radical (unpaired) electrons. The second-order valence-corrected chi connectivity index (χ2v) is 11.7. The number of rotatable bonds is 5. The summed E-state index contributed by atoms with van der Waals surface area (Å²) in [5.41, 5.74) is 12.7. The van der Waals surface area contributed by atoms with Crippen LogP contribution in [0.15, 0.2) is 168 Å². The van der Waals surface area contributed by atoms with Crippen LogP contribution in [-0.4, -0.2) is 16.7 Å². The lowest BCUT2D eigenvalue weighted by molar-refractivity contribution is 0.674. The Morgan fingerprint density at radius 1 is 0.457 bits per heavy atom. The van der Waals surface area contributed by atoms with E-state index in [0.717, 1.165) is 33.8 Å². The Balaban J connectivity index is 1.09. The van der Waals surface area contributed by atoms with Crippen LogP contribution in [0.1, 0.15) is 22.9 Å². The van der Waals surface area contributed by atoms with Gasteiger partial charge < -0.3 is 5.32 Å². The molecule has 7 aromatic rings. The van der Waals surface area contributed by atoms with E-state index in [4.69, 9.17) is 9.98 Å². The van der Waals surface area contributed by atoms with Crippen molar-refractivity contribution in [3.8, 4) is 44.6 Å². The van der Waals surface area contributed by atoms with Crippen molar-refractivity contribution in [1.82, 2.24) is 10.3 Å². The van der Waals surface area contributed by atoms with Crippen LogP contribution in [-0.2, 0) is 0 Å². The predicted molar refractivity (Wildman–Crippen MR) is 189 cm³/mol. The number of benzene rings is 6. The van der Waals surface area contributed by atoms with E-state index in [9.17, 15) is 0 Å². The first-order valence-electron chi connectivity index (χ1n) is 15.6. The quantitative estimate of drug-likeness (QED) is 0.218. The minimum atomic E-state index is -0.253. The van der Waals surface area contributed by atoms with Gasteiger partial charge in [-0.15, -0.1) is 0 Å². The highest BCUT2D eigenvalue weighted by molar-refractivity contribution is 6.19. The van der Waals surface area contributed by atoms with E-state index in [2.05, 4.69) is 126 Å². The number of nitrogens with one attached hydrogen (secondary N) is 1. The molecule has 0 fully saturated rings. The second kappa shape index (κ2) is 10.8. The molecule has 46 heavy (non-hydrogen) atoms. The van der Waals surface area contributed by atoms with E-state index in [1.165, 1.54) is 44.2 Å². The monoisotopic (exact) mass is 588 g/mol. The molecule has 0 amide bonds. The summed E-state index contributed by atoms with van der Waals surface area (Å²) in [5.74, 6) is 1.50. The molecule has 1 aliphatic heterocycles. The summed E-state index contributed by atoms with van der Waals surface area (Å²) in [5, 5.41) is 6.18. The van der Waals surface area contributed by atoms with Crippen molar-refractivity contribution >= 4 is 22.4 Å². The van der Waals surface area contributed by atoms with E-state index >= 15 is 0 Å². The van der Waals surface area contributed by atoms with Crippen LogP contribution in [0.4, 0.5) is 0 Å². The zero-order chi connectivity index (χ0) is 30.5. The third kappa shape index (κ3) is 4.42. The number of hydrogen-bond donors (Lipinski definition) is 1. The van der Waals surface area contributed by atoms with Crippen LogP contribution in [0.2, 0.25) is 0 Å². The van der Waals surface area contributed by atoms with Gasteiger partial charge >= 0.3 is 0 Å². The second-order valence-electron chi connectivity index (χ2n) is 11.7. The van der Waals surface area contributed by atoms with Crippen molar-refractivity contribution in [1.29, 1.82) is 0 Å². The smallest absolute Gasteiger partial charge is 0.159 e. The molecule has 0 spiro atoms. The molecule has 4 nitrogen and oxygen atoms in total. The lowest BCUT2D eigenvalue weighted by Gasteiger charge is -2.24. The van der Waals surface area contributed by atoms with E-state index in [-0.39, 0.29) is 6.17 Å². The van der Waals surface area contributed by atoms with Crippen molar-refractivity contribution in [2.75, 3.05) is 0 Å². The number of aliphatic imine (C=N–C) groups is 2. The highest BCUT2D eigenvalue weighted by Crippen LogP contribution is 2.49. The molecule has 2 heterocycles. The van der Waals surface area contributed by atoms with Crippen molar-refractivity contribution in [2.24, 2.45) is 9.98 Å². The Morgan fingerprint density at radius 2 is 1.09 bits per heavy atom. The molecule has 9 rings (SSSR count). The normalized spacial score (nSPS) is 14.7. The van der Waals surface area contributed by atoms with Crippen molar-refractivity contribution in [3.63, 3.8) is 0 Å². The summed E-state index contributed by atoms with van der Waals surface area (Å²) in [7, 11) is 0. The lowest BCUT2D eigenvalue weighted by Crippen LogP contribution is -2.33. The lowest BCUT2D eigenvalue weighted by atomic mass is 9.94. The zero-order valence-electron chi connectivity index (χ0n) is 24.9. The average molecular weight is 589 g/mol. The van der Waals surface area contributed by atoms with Crippen LogP contribution >= 0.6 is 0 Å². The minimum Gasteiger partial charge on any atom is -0.344 e. The SMILES string of the molecule is c1ccc(C2N=C(c3ccc(-c4ccc5c6c(cccc46)-c4ccccc4-5)cc3)N=C(c3ccc(-c4ccccn4)cc3)N2)cc1. The first kappa shape index (κ1) is 26.3. The molecule has 1 N–H and O–H groups in total. The maximum atomic E-state index is 5.08. The molecule has 0 bridgehead atoms. The minimum absolute atomic E-state index is 0.253. The summed E-state index contributed by atoms with van der Waals surface area (Å²) in [6.45, 7) is 0. The Kier molecular flexibility index (Phi) is 6.17. The summed E-state index contributed by atoms with van der Waals surface area (Å²) < 4.78 is 0. The van der Waals surface area contributed by atoms with Gasteiger partial charge in [0, 0.05) is 22.9 Å². The van der Waals surface area contributed by atoms with Crippen LogP contribution in [0.3, 0.4) is 0 Å². The zero-order valence-corrected chi connectivity index (χ0v) is 24.9. The molecular weight excluding hydrogens is 560 g/mol. The number of pyridine rings is 1. The molecule has 216 valence electrons. The van der Waals surface area contributed by atoms with Crippen LogP contribution < -0.4 is 5.32 Å². The van der Waals surface area contributed by atoms with Crippen molar-refractivity contribution < 1.29 is 0 Å². The van der Waals surface area contributed by atoms with Gasteiger partial charge in [-0.05, 0) is 61.8 Å². The third-order valence-electron chi connectivity index (χ3n) is 8.98. The standard InChI is InChI=1S/C42H28N4/c1-2-9-29(10-3-1)40-44-41(46-42(45-40)31-22-18-28(19-23-31)38-15-6-7-26-43-38)30-20-16-27(17-21-30)32-24-25-37-34-12-5-4-11-33(34)36-14-8-13-35(32)39(36)37/h1-26,40H,(H,44,45,46). The fourth-order valence-corrected chi connectivity index (χ4v) is 6.72. The number of fused-ring (bicyclic) bond motifs is 3. The summed E-state index contributed by atoms with van der Waals surface area (Å²) in [4.78, 5) is 14.6. The first-order chi connectivity index (χ1) is 22.8. The molecule has 1 unspecified atom stereocenters. The molecule has 1 atom stereocenters. The third-order valence-corrected chi connectivity index (χ3v) is 8.98. The fourth-order valence-electron chi connectivity index (χ4n) is 6.72. The summed E-state index contributed by atoms with van der Waals surface area (Å²) in [6, 6.07) is 53.2. The Morgan fingerprint density at radius 3 is 1.85 bits per heavy atom. The van der Waals surface area contributed by atoms with Crippen LogP contribution in [0.25, 0.3) is 55.4 Å². The average Bonchev–Trinajstić information content (AvgIpc) is 3.47. The van der Waals surface area contributed by atoms with Gasteiger partial charge in [-0.1, -0.05) is 140 Å². The van der Waals surface area contributed by atoms with Gasteiger partial charge in [0.05, 0.1) is 5.69 Å². The first-order valence-corrected chi connectivity index (χ1v) is 15.6. The Labute approximate surface area is 267 Å². The van der Waals surface area contributed by atoms with Crippen molar-refractivity contribution in [3.05, 3.63) is 175 Å². The number of amidine groups is 2. The van der Waals surface area contributed by atoms with Gasteiger partial charge in [0.2, 0.25) is 0 Å². The molecule has 1 aromatic heterocycles. The van der Waals surface area contributed by atoms with Gasteiger partial charge in [-0.2, -0.15) is 0 Å². The van der Waals surface area contributed by atoms with Crippen LogP contribution in [0.5, 0.6) is 0 Å². The molecular formula is C42H28N4. The van der Waals surface area contributed by atoms with Crippen molar-refractivity contribution in [2.45, 2.75) is 6.17 Å². The van der Waals surface area contributed by atoms with Crippen LogP contribution in [0, 0.1) is 0 Å². The predicted octanol–water partition coefficient (Wildman–Crippen LogP) is 9.71. The number of aromatic nitrogens is 1. The molecule has 6 aromatic carbocycles. The fraction of sp³-hybridized carbons (Fsp3) is 0.0238. The Hall–Kier alpha value is -6.13. The van der Waals surface area contributed by atoms with E-state index in [1.54, 1.807) is 0 Å². The number of hydrogen-bond acceptors (Lipinski definition) is 4. The highest BCUT2D eigenvalue weighted by Gasteiger charge is 2.23. The molecule has 4 heteroatoms. The van der Waals surface area contributed by atoms with Gasteiger partial charge in [0.15, 0.2) is 5.84 Å². The van der Waals surface area contributed by atoms with E-state index in [0.29, 0.717) is 5.84 Å². The van der Waals surface area contributed by atoms with E-state index < -0.39 is 0 Å². The molecule has 0 saturated carbocycles. The molecule has 1 aliphatic carbocycles. The molecule has 0 saturated heterocycles. The van der Waals surface area contributed by atoms with Gasteiger partial charge in [0.25, 0.3) is 0 Å². The molecule has 2 aliphatic rings. The van der Waals surface area contributed by atoms with E-state index in [1.807, 2.05) is 42.6 Å². The topological polar surface area (TPSA) is 49.6 Å². The van der Waals surface area contributed by atoms with Gasteiger partial charge in [-0.25, -0.2) is 9.98 Å².